The van der Waals surface area contributed by atoms with E-state index >= 15 is 0 Å². The largest absolute Gasteiger partial charge is 0.355 e. The third kappa shape index (κ3) is 5.22. The number of ketones is 1. The molecule has 0 aromatic heterocycles. The maximum absolute atomic E-state index is 13.0. The Balaban J connectivity index is 1.11. The average Bonchev–Trinajstić information content (AvgIpc) is 2.91. The van der Waals surface area contributed by atoms with Crippen LogP contribution in [0.25, 0.3) is 10.8 Å². The molecule has 0 saturated heterocycles. The molecule has 36 heavy (non-hydrogen) atoms. The van der Waals surface area contributed by atoms with Gasteiger partial charge >= 0.3 is 0 Å². The molecular formula is C29H32N2O4S. The van der Waals surface area contributed by atoms with Gasteiger partial charge in [0.15, 0.2) is 5.78 Å². The fourth-order valence-corrected chi connectivity index (χ4v) is 6.98. The van der Waals surface area contributed by atoms with Gasteiger partial charge in [0.25, 0.3) is 0 Å². The van der Waals surface area contributed by atoms with Crippen LogP contribution in [0.5, 0.6) is 0 Å². The number of carbonyl (C=O) groups is 2. The number of nitrogens with one attached hydrogen (secondary N) is 2. The molecule has 3 aromatic rings. The van der Waals surface area contributed by atoms with Crippen LogP contribution in [-0.2, 0) is 14.8 Å². The summed E-state index contributed by atoms with van der Waals surface area (Å²) in [5, 5.41) is 4.77. The molecule has 3 aromatic carbocycles. The van der Waals surface area contributed by atoms with Crippen LogP contribution in [0.4, 0.5) is 0 Å². The first-order valence-corrected chi connectivity index (χ1v) is 14.3. The van der Waals surface area contributed by atoms with Gasteiger partial charge in [0.1, 0.15) is 0 Å². The highest BCUT2D eigenvalue weighted by molar-refractivity contribution is 7.89. The van der Waals surface area contributed by atoms with E-state index in [0.29, 0.717) is 42.3 Å². The van der Waals surface area contributed by atoms with Crippen LogP contribution in [0.2, 0.25) is 0 Å². The van der Waals surface area contributed by atoms with E-state index in [9.17, 15) is 18.0 Å². The van der Waals surface area contributed by atoms with Gasteiger partial charge in [-0.1, -0.05) is 60.7 Å². The van der Waals surface area contributed by atoms with E-state index < -0.39 is 10.0 Å². The summed E-state index contributed by atoms with van der Waals surface area (Å²) in [6.07, 6.45) is 4.75. The number of benzene rings is 3. The standard InChI is InChI=1S/C29H32N2O4S/c32-27-17-16-26(24-9-3-4-10-25(24)27)29(33)30-18-20-12-14-21(15-13-20)19-31-36(34,35)28-11-5-7-22-6-1-2-8-23(22)28/h1-11,20-21,26,31H,12-19H2,(H,30,33). The minimum absolute atomic E-state index is 0.0000730. The molecular weight excluding hydrogens is 472 g/mol. The van der Waals surface area contributed by atoms with Gasteiger partial charge in [-0.25, -0.2) is 13.1 Å². The lowest BCUT2D eigenvalue weighted by Crippen LogP contribution is -2.37. The van der Waals surface area contributed by atoms with Crippen molar-refractivity contribution in [2.75, 3.05) is 13.1 Å². The SMILES string of the molecule is O=C1CCC(C(=O)NCC2CCC(CNS(=O)(=O)c3cccc4ccccc34)CC2)c2ccccc21. The second-order valence-corrected chi connectivity index (χ2v) is 11.8. The molecule has 5 rings (SSSR count). The summed E-state index contributed by atoms with van der Waals surface area (Å²) < 4.78 is 28.9. The van der Waals surface area contributed by atoms with E-state index in [4.69, 9.17) is 0 Å². The highest BCUT2D eigenvalue weighted by atomic mass is 32.2. The van der Waals surface area contributed by atoms with Crippen LogP contribution >= 0.6 is 0 Å². The molecule has 0 spiro atoms. The Morgan fingerprint density at radius 3 is 2.28 bits per heavy atom. The van der Waals surface area contributed by atoms with Crippen LogP contribution in [0, 0.1) is 11.8 Å². The Hall–Kier alpha value is -3.03. The topological polar surface area (TPSA) is 92.3 Å². The van der Waals surface area contributed by atoms with Gasteiger partial charge in [-0.15, -0.1) is 0 Å². The zero-order valence-corrected chi connectivity index (χ0v) is 21.1. The summed E-state index contributed by atoms with van der Waals surface area (Å²) in [6, 6.07) is 20.3. The average molecular weight is 505 g/mol. The Morgan fingerprint density at radius 1 is 0.806 bits per heavy atom. The summed E-state index contributed by atoms with van der Waals surface area (Å²) in [6.45, 7) is 1.05. The molecule has 2 N–H and O–H groups in total. The molecule has 188 valence electrons. The van der Waals surface area contributed by atoms with Crippen molar-refractivity contribution in [2.24, 2.45) is 11.8 Å². The van der Waals surface area contributed by atoms with Gasteiger partial charge in [-0.3, -0.25) is 9.59 Å². The molecule has 0 bridgehead atoms. The molecule has 0 heterocycles. The highest BCUT2D eigenvalue weighted by Crippen LogP contribution is 2.33. The maximum atomic E-state index is 13.0. The summed E-state index contributed by atoms with van der Waals surface area (Å²) >= 11 is 0. The van der Waals surface area contributed by atoms with Crippen molar-refractivity contribution in [1.82, 2.24) is 10.0 Å². The van der Waals surface area contributed by atoms with Gasteiger partial charge in [0.05, 0.1) is 10.8 Å². The Bertz CT molecular complexity index is 1370. The minimum Gasteiger partial charge on any atom is -0.355 e. The van der Waals surface area contributed by atoms with Crippen molar-refractivity contribution < 1.29 is 18.0 Å². The second-order valence-electron chi connectivity index (χ2n) is 10.1. The van der Waals surface area contributed by atoms with Crippen molar-refractivity contribution in [2.45, 2.75) is 49.3 Å². The Kier molecular flexibility index (Phi) is 7.21. The van der Waals surface area contributed by atoms with E-state index in [0.717, 1.165) is 42.0 Å². The van der Waals surface area contributed by atoms with Gasteiger partial charge in [0, 0.05) is 30.5 Å². The van der Waals surface area contributed by atoms with E-state index in [1.54, 1.807) is 12.1 Å². The molecule has 2 aliphatic carbocycles. The number of sulfonamides is 1. The molecule has 0 aliphatic heterocycles. The molecule has 0 radical (unpaired) electrons. The summed E-state index contributed by atoms with van der Waals surface area (Å²) in [5.74, 6) is 0.529. The smallest absolute Gasteiger partial charge is 0.241 e. The molecule has 1 amide bonds. The number of carbonyl (C=O) groups excluding carboxylic acids is 2. The van der Waals surface area contributed by atoms with Gasteiger partial charge in [0.2, 0.25) is 15.9 Å². The zero-order chi connectivity index (χ0) is 25.1. The lowest BCUT2D eigenvalue weighted by atomic mass is 9.80. The van der Waals surface area contributed by atoms with Crippen LogP contribution < -0.4 is 10.0 Å². The van der Waals surface area contributed by atoms with Crippen LogP contribution in [0.15, 0.2) is 71.6 Å². The first kappa shape index (κ1) is 24.7. The summed E-state index contributed by atoms with van der Waals surface area (Å²) in [5.41, 5.74) is 1.52. The number of fused-ring (bicyclic) bond motifs is 2. The maximum Gasteiger partial charge on any atom is 0.241 e. The van der Waals surface area contributed by atoms with Crippen molar-refractivity contribution in [3.63, 3.8) is 0 Å². The van der Waals surface area contributed by atoms with Crippen molar-refractivity contribution in [3.8, 4) is 0 Å². The van der Waals surface area contributed by atoms with Gasteiger partial charge in [-0.2, -0.15) is 0 Å². The fraction of sp³-hybridized carbons (Fsp3) is 0.379. The third-order valence-corrected chi connectivity index (χ3v) is 9.23. The van der Waals surface area contributed by atoms with E-state index in [1.165, 1.54) is 0 Å². The minimum atomic E-state index is -3.59. The predicted octanol–water partition coefficient (Wildman–Crippen LogP) is 4.80. The summed E-state index contributed by atoms with van der Waals surface area (Å²) in [7, 11) is -3.59. The molecule has 2 aliphatic rings. The monoisotopic (exact) mass is 504 g/mol. The lowest BCUT2D eigenvalue weighted by Gasteiger charge is -2.30. The van der Waals surface area contributed by atoms with Crippen molar-refractivity contribution in [1.29, 1.82) is 0 Å². The van der Waals surface area contributed by atoms with Crippen LogP contribution in [-0.4, -0.2) is 33.2 Å². The number of hydrogen-bond acceptors (Lipinski definition) is 4. The zero-order valence-electron chi connectivity index (χ0n) is 20.3. The fourth-order valence-electron chi connectivity index (χ4n) is 5.64. The normalized spacial score (nSPS) is 22.2. The summed E-state index contributed by atoms with van der Waals surface area (Å²) in [4.78, 5) is 25.4. The van der Waals surface area contributed by atoms with Gasteiger partial charge in [-0.05, 0) is 61.0 Å². The second kappa shape index (κ2) is 10.5. The van der Waals surface area contributed by atoms with E-state index in [-0.39, 0.29) is 23.5 Å². The molecule has 1 saturated carbocycles. The van der Waals surface area contributed by atoms with Crippen LogP contribution in [0.1, 0.15) is 60.4 Å². The van der Waals surface area contributed by atoms with Gasteiger partial charge < -0.3 is 5.32 Å². The van der Waals surface area contributed by atoms with E-state index in [1.807, 2.05) is 54.6 Å². The quantitative estimate of drug-likeness (QED) is 0.483. The molecule has 1 fully saturated rings. The number of Topliss-reactive ketones (excluding diaryl/α,β-unsaturated/α-hetero) is 1. The van der Waals surface area contributed by atoms with Crippen LogP contribution in [0.3, 0.4) is 0 Å². The van der Waals surface area contributed by atoms with Crippen molar-refractivity contribution >= 4 is 32.5 Å². The third-order valence-electron chi connectivity index (χ3n) is 7.75. The molecule has 1 unspecified atom stereocenters. The first-order chi connectivity index (χ1) is 17.4. The molecule has 7 heteroatoms. The lowest BCUT2D eigenvalue weighted by molar-refractivity contribution is -0.123. The highest BCUT2D eigenvalue weighted by Gasteiger charge is 2.31. The van der Waals surface area contributed by atoms with E-state index in [2.05, 4.69) is 10.0 Å². The Morgan fingerprint density at radius 2 is 1.47 bits per heavy atom. The number of rotatable bonds is 7. The number of hydrogen-bond donors (Lipinski definition) is 2. The molecule has 1 atom stereocenters. The Labute approximate surface area is 212 Å². The van der Waals surface area contributed by atoms with Crippen molar-refractivity contribution in [3.05, 3.63) is 77.9 Å². The predicted molar refractivity (Wildman–Crippen MR) is 140 cm³/mol. The first-order valence-electron chi connectivity index (χ1n) is 12.8. The number of amides is 1. The molecule has 6 nitrogen and oxygen atoms in total.